The number of ether oxygens (including phenoxy) is 3. The number of halogens is 1. The Labute approximate surface area is 260 Å². The first-order valence-electron chi connectivity index (χ1n) is 14.3. The average molecular weight is 647 g/mol. The largest absolute Gasteiger partial charge is 0.492 e. The molecule has 4 aromatic rings. The normalized spacial score (nSPS) is 14.2. The lowest BCUT2D eigenvalue weighted by atomic mass is 9.94. The summed E-state index contributed by atoms with van der Waals surface area (Å²) in [6, 6.07) is 15.0. The van der Waals surface area contributed by atoms with E-state index in [1.165, 1.54) is 23.0 Å². The molecule has 1 aliphatic heterocycles. The third kappa shape index (κ3) is 6.24. The molecule has 43 heavy (non-hydrogen) atoms. The van der Waals surface area contributed by atoms with Gasteiger partial charge in [0.05, 0.1) is 28.9 Å². The molecule has 0 fully saturated rings. The van der Waals surface area contributed by atoms with E-state index < -0.39 is 6.04 Å². The van der Waals surface area contributed by atoms with Crippen LogP contribution in [0, 0.1) is 20.8 Å². The summed E-state index contributed by atoms with van der Waals surface area (Å²) in [6.45, 7) is 13.3. The third-order valence-corrected chi connectivity index (χ3v) is 8.03. The number of para-hydroxylation sites is 2. The number of aryl methyl sites for hydroxylation is 3. The van der Waals surface area contributed by atoms with Gasteiger partial charge in [0, 0.05) is 5.70 Å². The second-order valence-electron chi connectivity index (χ2n) is 10.4. The molecule has 1 atom stereocenters. The highest BCUT2D eigenvalue weighted by Crippen LogP contribution is 2.43. The van der Waals surface area contributed by atoms with Crippen LogP contribution in [0.25, 0.3) is 0 Å². The summed E-state index contributed by atoms with van der Waals surface area (Å²) in [5.74, 6) is 2.00. The van der Waals surface area contributed by atoms with Crippen LogP contribution < -0.4 is 24.8 Å². The average Bonchev–Trinajstić information content (AvgIpc) is 3.43. The van der Waals surface area contributed by atoms with Gasteiger partial charge in [-0.25, -0.2) is 4.68 Å². The molecule has 0 bridgehead atoms. The molecule has 1 aliphatic rings. The molecule has 9 nitrogen and oxygen atoms in total. The maximum absolute atomic E-state index is 14.0. The summed E-state index contributed by atoms with van der Waals surface area (Å²) in [5.41, 5.74) is 7.26. The Morgan fingerprint density at radius 2 is 1.67 bits per heavy atom. The lowest BCUT2D eigenvalue weighted by Crippen LogP contribution is -2.31. The van der Waals surface area contributed by atoms with E-state index in [-0.39, 0.29) is 5.91 Å². The van der Waals surface area contributed by atoms with E-state index >= 15 is 0 Å². The van der Waals surface area contributed by atoms with Gasteiger partial charge >= 0.3 is 0 Å². The number of carbonyl (C=O) groups is 1. The minimum Gasteiger partial charge on any atom is -0.492 e. The van der Waals surface area contributed by atoms with Crippen molar-refractivity contribution in [3.8, 4) is 17.2 Å². The Bertz CT molecular complexity index is 1700. The van der Waals surface area contributed by atoms with Gasteiger partial charge in [0.1, 0.15) is 24.7 Å². The van der Waals surface area contributed by atoms with Crippen LogP contribution >= 0.6 is 15.9 Å². The van der Waals surface area contributed by atoms with E-state index in [1.807, 2.05) is 57.2 Å². The van der Waals surface area contributed by atoms with E-state index in [2.05, 4.69) is 69.6 Å². The first-order chi connectivity index (χ1) is 20.7. The van der Waals surface area contributed by atoms with E-state index in [1.54, 1.807) is 4.68 Å². The molecule has 224 valence electrons. The highest BCUT2D eigenvalue weighted by molar-refractivity contribution is 9.10. The molecule has 10 heteroatoms. The second kappa shape index (κ2) is 12.9. The van der Waals surface area contributed by atoms with Gasteiger partial charge in [-0.3, -0.25) is 4.79 Å². The molecule has 0 saturated carbocycles. The number of benzene rings is 3. The minimum atomic E-state index is -0.593. The van der Waals surface area contributed by atoms with Crippen LogP contribution in [0.4, 0.5) is 11.6 Å². The predicted octanol–water partition coefficient (Wildman–Crippen LogP) is 7.27. The van der Waals surface area contributed by atoms with Crippen molar-refractivity contribution in [3.05, 3.63) is 98.4 Å². The summed E-state index contributed by atoms with van der Waals surface area (Å²) >= 11 is 3.74. The fourth-order valence-electron chi connectivity index (χ4n) is 5.21. The lowest BCUT2D eigenvalue weighted by molar-refractivity contribution is -0.113. The highest BCUT2D eigenvalue weighted by Gasteiger charge is 2.35. The Kier molecular flexibility index (Phi) is 9.05. The molecule has 1 amide bonds. The predicted molar refractivity (Wildman–Crippen MR) is 171 cm³/mol. The Balaban J connectivity index is 1.53. The standard InChI is InChI=1S/C33H36BrN5O4/c1-7-41-27-12-10-9-11-26(27)38-32(40)29-22(6)37-33-35-18-36-39(33)30(29)23-15-25(34)31(28(16-23)42-8-2)43-17-24-14-20(4)19(3)13-21(24)5/h9-16,18,30H,7-8,17H2,1-6H3,(H,38,40)(H,35,36,37). The quantitative estimate of drug-likeness (QED) is 0.187. The molecular weight excluding hydrogens is 610 g/mol. The zero-order chi connectivity index (χ0) is 30.7. The van der Waals surface area contributed by atoms with E-state index in [9.17, 15) is 4.79 Å². The lowest BCUT2D eigenvalue weighted by Gasteiger charge is -2.29. The van der Waals surface area contributed by atoms with Gasteiger partial charge < -0.3 is 24.8 Å². The Morgan fingerprint density at radius 3 is 2.44 bits per heavy atom. The van der Waals surface area contributed by atoms with Crippen molar-refractivity contribution in [2.45, 2.75) is 54.2 Å². The number of hydrogen-bond acceptors (Lipinski definition) is 7. The number of fused-ring (bicyclic) bond motifs is 1. The first kappa shape index (κ1) is 30.2. The number of anilines is 2. The third-order valence-electron chi connectivity index (χ3n) is 7.45. The molecule has 3 aromatic carbocycles. The van der Waals surface area contributed by atoms with Crippen molar-refractivity contribution in [2.75, 3.05) is 23.8 Å². The van der Waals surface area contributed by atoms with Gasteiger partial charge in [0.2, 0.25) is 5.95 Å². The number of carbonyl (C=O) groups excluding carboxylic acids is 1. The SMILES string of the molecule is CCOc1ccccc1NC(=O)C1=C(C)Nc2ncnn2C1c1cc(Br)c(OCc2cc(C)c(C)cc2C)c(OCC)c1. The number of allylic oxidation sites excluding steroid dienone is 1. The molecule has 1 aromatic heterocycles. The maximum Gasteiger partial charge on any atom is 0.255 e. The van der Waals surface area contributed by atoms with Gasteiger partial charge in [-0.05, 0) is 110 Å². The van der Waals surface area contributed by atoms with Gasteiger partial charge in [0.25, 0.3) is 5.91 Å². The maximum atomic E-state index is 14.0. The van der Waals surface area contributed by atoms with Crippen LogP contribution in [-0.4, -0.2) is 33.9 Å². The highest BCUT2D eigenvalue weighted by atomic mass is 79.9. The summed E-state index contributed by atoms with van der Waals surface area (Å²) in [7, 11) is 0. The molecule has 2 N–H and O–H groups in total. The minimum absolute atomic E-state index is 0.289. The molecule has 0 radical (unpaired) electrons. The van der Waals surface area contributed by atoms with Gasteiger partial charge in [-0.2, -0.15) is 10.1 Å². The van der Waals surface area contributed by atoms with Gasteiger partial charge in [-0.1, -0.05) is 24.3 Å². The number of rotatable bonds is 10. The zero-order valence-electron chi connectivity index (χ0n) is 25.2. The van der Waals surface area contributed by atoms with Crippen LogP contribution in [0.1, 0.15) is 54.6 Å². The van der Waals surface area contributed by atoms with Crippen LogP contribution in [0.15, 0.2) is 70.6 Å². The number of hydrogen-bond donors (Lipinski definition) is 2. The van der Waals surface area contributed by atoms with E-state index in [4.69, 9.17) is 14.2 Å². The van der Waals surface area contributed by atoms with Crippen molar-refractivity contribution in [1.82, 2.24) is 14.8 Å². The van der Waals surface area contributed by atoms with Crippen LogP contribution in [0.5, 0.6) is 17.2 Å². The summed E-state index contributed by atoms with van der Waals surface area (Å²) in [5, 5.41) is 10.7. The van der Waals surface area contributed by atoms with Crippen LogP contribution in [0.2, 0.25) is 0 Å². The zero-order valence-corrected chi connectivity index (χ0v) is 26.8. The number of nitrogens with zero attached hydrogens (tertiary/aromatic N) is 3. The van der Waals surface area contributed by atoms with Crippen molar-refractivity contribution < 1.29 is 19.0 Å². The molecule has 0 aliphatic carbocycles. The molecule has 5 rings (SSSR count). The van der Waals surface area contributed by atoms with Crippen LogP contribution in [0.3, 0.4) is 0 Å². The monoisotopic (exact) mass is 645 g/mol. The van der Waals surface area contributed by atoms with Crippen LogP contribution in [-0.2, 0) is 11.4 Å². The number of amides is 1. The van der Waals surface area contributed by atoms with Crippen molar-refractivity contribution in [2.24, 2.45) is 0 Å². The van der Waals surface area contributed by atoms with Gasteiger partial charge in [-0.15, -0.1) is 0 Å². The smallest absolute Gasteiger partial charge is 0.255 e. The molecular formula is C33H36BrN5O4. The molecule has 2 heterocycles. The Hall–Kier alpha value is -4.31. The summed E-state index contributed by atoms with van der Waals surface area (Å²) in [6.07, 6.45) is 1.47. The second-order valence-corrected chi connectivity index (χ2v) is 11.2. The van der Waals surface area contributed by atoms with Crippen molar-refractivity contribution in [3.63, 3.8) is 0 Å². The molecule has 0 spiro atoms. The summed E-state index contributed by atoms with van der Waals surface area (Å²) in [4.78, 5) is 18.3. The molecule has 1 unspecified atom stereocenters. The topological polar surface area (TPSA) is 99.5 Å². The van der Waals surface area contributed by atoms with E-state index in [0.717, 1.165) is 11.1 Å². The first-order valence-corrected chi connectivity index (χ1v) is 15.1. The number of nitrogens with one attached hydrogen (secondary N) is 2. The number of aromatic nitrogens is 3. The van der Waals surface area contributed by atoms with Gasteiger partial charge in [0.15, 0.2) is 11.5 Å². The van der Waals surface area contributed by atoms with Crippen molar-refractivity contribution >= 4 is 33.5 Å². The molecule has 0 saturated heterocycles. The van der Waals surface area contributed by atoms with E-state index in [0.29, 0.717) is 64.4 Å². The summed E-state index contributed by atoms with van der Waals surface area (Å²) < 4.78 is 20.6. The van der Waals surface area contributed by atoms with Crippen molar-refractivity contribution in [1.29, 1.82) is 0 Å². The Morgan fingerprint density at radius 1 is 0.953 bits per heavy atom. The fraction of sp³-hybridized carbons (Fsp3) is 0.303. The fourth-order valence-corrected chi connectivity index (χ4v) is 5.78.